The molecule has 2 aromatic rings. The summed E-state index contributed by atoms with van der Waals surface area (Å²) in [7, 11) is 3.18. The Kier molecular flexibility index (Phi) is 8.50. The van der Waals surface area contributed by atoms with E-state index in [-0.39, 0.29) is 11.8 Å². The molecule has 0 radical (unpaired) electrons. The van der Waals surface area contributed by atoms with Crippen LogP contribution in [0.1, 0.15) is 42.6 Å². The maximum atomic E-state index is 13.5. The van der Waals surface area contributed by atoms with Gasteiger partial charge in [-0.1, -0.05) is 55.8 Å². The van der Waals surface area contributed by atoms with Gasteiger partial charge in [-0.15, -0.1) is 0 Å². The second kappa shape index (κ2) is 12.0. The van der Waals surface area contributed by atoms with Crippen molar-refractivity contribution in [2.45, 2.75) is 33.1 Å². The second-order valence-corrected chi connectivity index (χ2v) is 12.0. The molecule has 2 aromatic carbocycles. The van der Waals surface area contributed by atoms with Crippen molar-refractivity contribution >= 4 is 11.8 Å². The standard InChI is InChI=1S/C33H43N3O4/c1-33(2)27-11-10-25(30(33)21-27)23-36(31(37)18-24-8-6-5-7-9-24)17-14-34-12-15-35(16-13-34)32(38)26-19-28(39-3)22-29(20-26)40-4/h5-10,19-20,22,27,30H,11-18,21,23H2,1-4H3. The molecule has 40 heavy (non-hydrogen) atoms. The molecule has 3 aliphatic carbocycles. The Hall–Kier alpha value is -3.32. The lowest BCUT2D eigenvalue weighted by Crippen LogP contribution is -2.52. The van der Waals surface area contributed by atoms with Gasteiger partial charge < -0.3 is 19.3 Å². The quantitative estimate of drug-likeness (QED) is 0.411. The van der Waals surface area contributed by atoms with E-state index in [0.717, 1.165) is 44.1 Å². The van der Waals surface area contributed by atoms with E-state index in [9.17, 15) is 9.59 Å². The molecule has 0 N–H and O–H groups in total. The van der Waals surface area contributed by atoms with E-state index in [0.29, 0.717) is 54.5 Å². The number of rotatable bonds is 10. The Bertz CT molecular complexity index is 1210. The zero-order chi connectivity index (χ0) is 28.3. The topological polar surface area (TPSA) is 62.3 Å². The molecular formula is C33H43N3O4. The summed E-state index contributed by atoms with van der Waals surface area (Å²) in [5.74, 6) is 2.76. The van der Waals surface area contributed by atoms with E-state index in [1.807, 2.05) is 35.2 Å². The van der Waals surface area contributed by atoms with Crippen molar-refractivity contribution in [3.63, 3.8) is 0 Å². The highest BCUT2D eigenvalue weighted by Crippen LogP contribution is 2.59. The van der Waals surface area contributed by atoms with Gasteiger partial charge >= 0.3 is 0 Å². The third-order valence-electron chi connectivity index (χ3n) is 9.45. The van der Waals surface area contributed by atoms with Crippen LogP contribution in [0.4, 0.5) is 0 Å². The number of fused-ring (bicyclic) bond motifs is 1. The summed E-state index contributed by atoms with van der Waals surface area (Å²) in [6.07, 6.45) is 5.23. The molecule has 214 valence electrons. The number of benzene rings is 2. The van der Waals surface area contributed by atoms with Crippen LogP contribution in [0, 0.1) is 17.3 Å². The summed E-state index contributed by atoms with van der Waals surface area (Å²) in [6.45, 7) is 9.87. The van der Waals surface area contributed by atoms with Crippen LogP contribution >= 0.6 is 0 Å². The third-order valence-corrected chi connectivity index (χ3v) is 9.45. The highest BCUT2D eigenvalue weighted by atomic mass is 16.5. The van der Waals surface area contributed by atoms with Gasteiger partial charge in [-0.25, -0.2) is 0 Å². The number of amides is 2. The number of nitrogens with zero attached hydrogens (tertiary/aromatic N) is 3. The van der Waals surface area contributed by atoms with Crippen molar-refractivity contribution < 1.29 is 19.1 Å². The molecule has 7 heteroatoms. The van der Waals surface area contributed by atoms with Gasteiger partial charge in [0, 0.05) is 57.4 Å². The van der Waals surface area contributed by atoms with Gasteiger partial charge in [-0.3, -0.25) is 14.5 Å². The molecule has 4 aliphatic rings. The molecule has 2 bridgehead atoms. The SMILES string of the molecule is COc1cc(OC)cc(C(=O)N2CCN(CCN(CC3=CCC4CC3C4(C)C)C(=O)Cc3ccccc3)CC2)c1. The Morgan fingerprint density at radius 2 is 1.65 bits per heavy atom. The normalized spacial score (nSPS) is 21.7. The van der Waals surface area contributed by atoms with Crippen LogP contribution in [0.15, 0.2) is 60.2 Å². The number of piperazine rings is 1. The molecule has 1 saturated carbocycles. The van der Waals surface area contributed by atoms with Gasteiger partial charge in [-0.05, 0) is 47.8 Å². The lowest BCUT2D eigenvalue weighted by Gasteiger charge is -2.57. The fourth-order valence-electron chi connectivity index (χ4n) is 6.60. The molecule has 7 nitrogen and oxygen atoms in total. The average Bonchev–Trinajstić information content (AvgIpc) is 2.99. The summed E-state index contributed by atoms with van der Waals surface area (Å²) in [5.41, 5.74) is 3.41. The van der Waals surface area contributed by atoms with Crippen LogP contribution in [0.2, 0.25) is 0 Å². The van der Waals surface area contributed by atoms with Crippen molar-refractivity contribution in [3.8, 4) is 11.5 Å². The number of carbonyl (C=O) groups excluding carboxylic acids is 2. The number of carbonyl (C=O) groups is 2. The van der Waals surface area contributed by atoms with Gasteiger partial charge in [0.1, 0.15) is 11.5 Å². The molecule has 2 unspecified atom stereocenters. The third kappa shape index (κ3) is 6.04. The Labute approximate surface area is 238 Å². The summed E-state index contributed by atoms with van der Waals surface area (Å²) in [4.78, 5) is 33.1. The zero-order valence-corrected chi connectivity index (χ0v) is 24.4. The molecule has 1 heterocycles. The minimum atomic E-state index is -0.0119. The Balaban J connectivity index is 1.19. The molecule has 0 aromatic heterocycles. The molecule has 0 spiro atoms. The molecule has 1 aliphatic heterocycles. The van der Waals surface area contributed by atoms with E-state index >= 15 is 0 Å². The van der Waals surface area contributed by atoms with Crippen LogP contribution in [-0.4, -0.2) is 86.5 Å². The molecular weight excluding hydrogens is 502 g/mol. The van der Waals surface area contributed by atoms with Crippen LogP contribution < -0.4 is 9.47 Å². The van der Waals surface area contributed by atoms with E-state index in [1.165, 1.54) is 12.0 Å². The van der Waals surface area contributed by atoms with Crippen molar-refractivity contribution in [2.24, 2.45) is 17.3 Å². The summed E-state index contributed by atoms with van der Waals surface area (Å²) < 4.78 is 10.7. The number of ether oxygens (including phenoxy) is 2. The summed E-state index contributed by atoms with van der Waals surface area (Å²) in [6, 6.07) is 15.3. The molecule has 1 saturated heterocycles. The number of methoxy groups -OCH3 is 2. The first kappa shape index (κ1) is 28.2. The van der Waals surface area contributed by atoms with Gasteiger partial charge in [0.15, 0.2) is 0 Å². The van der Waals surface area contributed by atoms with Crippen LogP contribution in [0.3, 0.4) is 0 Å². The highest BCUT2D eigenvalue weighted by molar-refractivity contribution is 5.95. The van der Waals surface area contributed by atoms with Crippen molar-refractivity contribution in [1.82, 2.24) is 14.7 Å². The molecule has 2 atom stereocenters. The first-order chi connectivity index (χ1) is 19.3. The first-order valence-corrected chi connectivity index (χ1v) is 14.5. The second-order valence-electron chi connectivity index (χ2n) is 12.0. The van der Waals surface area contributed by atoms with Gasteiger partial charge in [0.25, 0.3) is 5.91 Å². The fraction of sp³-hybridized carbons (Fsp3) is 0.515. The smallest absolute Gasteiger partial charge is 0.254 e. The predicted molar refractivity (Wildman–Crippen MR) is 157 cm³/mol. The lowest BCUT2D eigenvalue weighted by atomic mass is 9.49. The largest absolute Gasteiger partial charge is 0.497 e. The maximum Gasteiger partial charge on any atom is 0.254 e. The van der Waals surface area contributed by atoms with Gasteiger partial charge in [-0.2, -0.15) is 0 Å². The number of allylic oxidation sites excluding steroid dienone is 1. The molecule has 2 amide bonds. The molecule has 2 fully saturated rings. The van der Waals surface area contributed by atoms with Crippen molar-refractivity contribution in [3.05, 3.63) is 71.3 Å². The van der Waals surface area contributed by atoms with Crippen molar-refractivity contribution in [2.75, 3.05) is 60.0 Å². The predicted octanol–water partition coefficient (Wildman–Crippen LogP) is 4.53. The van der Waals surface area contributed by atoms with E-state index in [2.05, 4.69) is 29.7 Å². The zero-order valence-electron chi connectivity index (χ0n) is 24.4. The monoisotopic (exact) mass is 545 g/mol. The lowest BCUT2D eigenvalue weighted by molar-refractivity contribution is -0.130. The van der Waals surface area contributed by atoms with Crippen LogP contribution in [-0.2, 0) is 11.2 Å². The summed E-state index contributed by atoms with van der Waals surface area (Å²) in [5, 5.41) is 0. The average molecular weight is 546 g/mol. The first-order valence-electron chi connectivity index (χ1n) is 14.5. The molecule has 6 rings (SSSR count). The van der Waals surface area contributed by atoms with Crippen LogP contribution in [0.5, 0.6) is 11.5 Å². The fourth-order valence-corrected chi connectivity index (χ4v) is 6.60. The van der Waals surface area contributed by atoms with Crippen LogP contribution in [0.25, 0.3) is 0 Å². The maximum absolute atomic E-state index is 13.5. The minimum absolute atomic E-state index is 0.0119. The Morgan fingerprint density at radius 1 is 0.975 bits per heavy atom. The van der Waals surface area contributed by atoms with Gasteiger partial charge in [0.2, 0.25) is 5.91 Å². The van der Waals surface area contributed by atoms with E-state index in [4.69, 9.17) is 9.47 Å². The Morgan fingerprint density at radius 3 is 2.25 bits per heavy atom. The number of hydrogen-bond acceptors (Lipinski definition) is 5. The van der Waals surface area contributed by atoms with E-state index in [1.54, 1.807) is 32.4 Å². The highest BCUT2D eigenvalue weighted by Gasteiger charge is 2.51. The number of hydrogen-bond donors (Lipinski definition) is 0. The minimum Gasteiger partial charge on any atom is -0.497 e. The van der Waals surface area contributed by atoms with Gasteiger partial charge in [0.05, 0.1) is 20.6 Å². The van der Waals surface area contributed by atoms with Crippen molar-refractivity contribution in [1.29, 1.82) is 0 Å². The summed E-state index contributed by atoms with van der Waals surface area (Å²) >= 11 is 0. The van der Waals surface area contributed by atoms with E-state index < -0.39 is 0 Å².